The van der Waals surface area contributed by atoms with E-state index >= 15 is 0 Å². The molecule has 0 unspecified atom stereocenters. The van der Waals surface area contributed by atoms with Gasteiger partial charge in [0.25, 0.3) is 0 Å². The minimum Gasteiger partial charge on any atom is -0.292 e. The molecule has 0 aliphatic heterocycles. The lowest BCUT2D eigenvalue weighted by Crippen LogP contribution is -1.97. The molecule has 284 valence electrons. The second-order valence-electron chi connectivity index (χ2n) is 15.5. The van der Waals surface area contributed by atoms with E-state index in [2.05, 4.69) is 199 Å². The molecule has 12 rings (SSSR count). The molecule has 0 fully saturated rings. The van der Waals surface area contributed by atoms with Gasteiger partial charge < -0.3 is 0 Å². The standard InChI is InChI=1S/C57H36N4/c1-2-16-40(17-3-1)61-52-27-11-10-24-49(52)60-57(61)38-30-28-37(29-31-38)53-41-18-4-6-20-43(41)54(44-21-7-5-19-42(44)53)39-32-33-47-48(36-39)56(51-26-13-15-35-59-51)46-23-9-8-22-45(46)55(47)50-25-12-14-34-58-50/h1-36H. The first-order valence-electron chi connectivity index (χ1n) is 20.7. The maximum Gasteiger partial charge on any atom is 0.145 e. The topological polar surface area (TPSA) is 43.6 Å². The molecule has 3 aromatic heterocycles. The van der Waals surface area contributed by atoms with E-state index in [1.807, 2.05) is 24.5 Å². The Kier molecular flexibility index (Phi) is 8.13. The molecule has 0 radical (unpaired) electrons. The molecule has 0 saturated heterocycles. The molecule has 12 aromatic rings. The van der Waals surface area contributed by atoms with Crippen LogP contribution in [0.15, 0.2) is 219 Å². The SMILES string of the molecule is c1ccc(-n2c(-c3ccc(-c4c5ccccc5c(-c5ccc6c(-c7ccccn7)c7ccccc7c(-c7ccccn7)c6c5)c5ccccc45)cc3)nc3ccccc32)cc1. The Balaban J connectivity index is 1.08. The highest BCUT2D eigenvalue weighted by atomic mass is 15.1. The first-order valence-corrected chi connectivity index (χ1v) is 20.7. The Labute approximate surface area is 352 Å². The van der Waals surface area contributed by atoms with Crippen molar-refractivity contribution in [2.24, 2.45) is 0 Å². The summed E-state index contributed by atoms with van der Waals surface area (Å²) in [5, 5.41) is 9.42. The first kappa shape index (κ1) is 34.8. The second kappa shape index (κ2) is 14.3. The lowest BCUT2D eigenvalue weighted by molar-refractivity contribution is 1.10. The third kappa shape index (κ3) is 5.65. The van der Waals surface area contributed by atoms with Gasteiger partial charge in [0.15, 0.2) is 0 Å². The number of imidazole rings is 1. The molecule has 0 bridgehead atoms. The van der Waals surface area contributed by atoms with Crippen LogP contribution >= 0.6 is 0 Å². The Morgan fingerprint density at radius 2 is 0.754 bits per heavy atom. The summed E-state index contributed by atoms with van der Waals surface area (Å²) < 4.78 is 2.26. The zero-order chi connectivity index (χ0) is 40.3. The van der Waals surface area contributed by atoms with Crippen molar-refractivity contribution in [3.8, 4) is 61.8 Å². The molecule has 0 amide bonds. The van der Waals surface area contributed by atoms with Gasteiger partial charge in [-0.05, 0) is 120 Å². The zero-order valence-electron chi connectivity index (χ0n) is 33.1. The van der Waals surface area contributed by atoms with Gasteiger partial charge in [-0.2, -0.15) is 0 Å². The van der Waals surface area contributed by atoms with E-state index in [0.717, 1.165) is 83.3 Å². The van der Waals surface area contributed by atoms with E-state index < -0.39 is 0 Å². The largest absolute Gasteiger partial charge is 0.292 e. The normalized spacial score (nSPS) is 11.6. The van der Waals surface area contributed by atoms with Gasteiger partial charge >= 0.3 is 0 Å². The van der Waals surface area contributed by atoms with Crippen LogP contribution in [0.4, 0.5) is 0 Å². The first-order chi connectivity index (χ1) is 30.3. The Bertz CT molecular complexity index is 3560. The van der Waals surface area contributed by atoms with Crippen molar-refractivity contribution in [2.45, 2.75) is 0 Å². The van der Waals surface area contributed by atoms with Crippen molar-refractivity contribution < 1.29 is 0 Å². The molecule has 0 aliphatic rings. The molecule has 4 heteroatoms. The summed E-state index contributed by atoms with van der Waals surface area (Å²) in [4.78, 5) is 15.0. The fourth-order valence-electron chi connectivity index (χ4n) is 9.50. The van der Waals surface area contributed by atoms with Gasteiger partial charge in [-0.15, -0.1) is 0 Å². The summed E-state index contributed by atoms with van der Waals surface area (Å²) in [6.07, 6.45) is 3.77. The lowest BCUT2D eigenvalue weighted by Gasteiger charge is -2.20. The predicted octanol–water partition coefficient (Wildman–Crippen LogP) is 14.8. The average molecular weight is 777 g/mol. The Morgan fingerprint density at radius 1 is 0.311 bits per heavy atom. The fourth-order valence-corrected chi connectivity index (χ4v) is 9.50. The maximum atomic E-state index is 5.15. The number of hydrogen-bond donors (Lipinski definition) is 0. The summed E-state index contributed by atoms with van der Waals surface area (Å²) in [6.45, 7) is 0. The van der Waals surface area contributed by atoms with Crippen LogP contribution < -0.4 is 0 Å². The van der Waals surface area contributed by atoms with Gasteiger partial charge in [0.1, 0.15) is 5.82 Å². The van der Waals surface area contributed by atoms with Crippen molar-refractivity contribution in [3.05, 3.63) is 219 Å². The molecule has 3 heterocycles. The molecule has 9 aromatic carbocycles. The number of nitrogens with zero attached hydrogens (tertiary/aromatic N) is 4. The highest BCUT2D eigenvalue weighted by Gasteiger charge is 2.22. The highest BCUT2D eigenvalue weighted by molar-refractivity contribution is 6.24. The monoisotopic (exact) mass is 776 g/mol. The highest BCUT2D eigenvalue weighted by Crippen LogP contribution is 2.48. The second-order valence-corrected chi connectivity index (χ2v) is 15.5. The molecule has 0 aliphatic carbocycles. The van der Waals surface area contributed by atoms with Crippen LogP contribution in [0.1, 0.15) is 0 Å². The van der Waals surface area contributed by atoms with Crippen LogP contribution in [0.5, 0.6) is 0 Å². The van der Waals surface area contributed by atoms with E-state index in [1.165, 1.54) is 32.7 Å². The van der Waals surface area contributed by atoms with Gasteiger partial charge in [-0.25, -0.2) is 4.98 Å². The van der Waals surface area contributed by atoms with Gasteiger partial charge in [0, 0.05) is 34.8 Å². The zero-order valence-corrected chi connectivity index (χ0v) is 33.1. The molecule has 0 N–H and O–H groups in total. The molecule has 4 nitrogen and oxygen atoms in total. The van der Waals surface area contributed by atoms with Crippen LogP contribution in [-0.2, 0) is 0 Å². The summed E-state index contributed by atoms with van der Waals surface area (Å²) >= 11 is 0. The molecular weight excluding hydrogens is 741 g/mol. The molecule has 0 saturated carbocycles. The van der Waals surface area contributed by atoms with Gasteiger partial charge in [0.2, 0.25) is 0 Å². The van der Waals surface area contributed by atoms with Crippen LogP contribution in [0.25, 0.3) is 116 Å². The number of rotatable bonds is 6. The summed E-state index contributed by atoms with van der Waals surface area (Å²) in [5.74, 6) is 0.921. The van der Waals surface area contributed by atoms with Gasteiger partial charge in [-0.3, -0.25) is 14.5 Å². The molecule has 0 atom stereocenters. The van der Waals surface area contributed by atoms with E-state index in [1.54, 1.807) is 0 Å². The van der Waals surface area contributed by atoms with Crippen molar-refractivity contribution >= 4 is 54.1 Å². The smallest absolute Gasteiger partial charge is 0.145 e. The number of hydrogen-bond acceptors (Lipinski definition) is 3. The number of aromatic nitrogens is 4. The minimum atomic E-state index is 0.921. The van der Waals surface area contributed by atoms with Gasteiger partial charge in [-0.1, -0.05) is 152 Å². The van der Waals surface area contributed by atoms with Crippen LogP contribution in [-0.4, -0.2) is 19.5 Å². The minimum absolute atomic E-state index is 0.921. The van der Waals surface area contributed by atoms with Crippen molar-refractivity contribution in [2.75, 3.05) is 0 Å². The third-order valence-electron chi connectivity index (χ3n) is 12.1. The quantitative estimate of drug-likeness (QED) is 0.158. The van der Waals surface area contributed by atoms with E-state index in [9.17, 15) is 0 Å². The van der Waals surface area contributed by atoms with Crippen molar-refractivity contribution in [1.82, 2.24) is 19.5 Å². The van der Waals surface area contributed by atoms with E-state index in [0.29, 0.717) is 0 Å². The molecule has 0 spiro atoms. The predicted molar refractivity (Wildman–Crippen MR) is 254 cm³/mol. The summed E-state index contributed by atoms with van der Waals surface area (Å²) in [5.41, 5.74) is 13.1. The molecular formula is C57H36N4. The summed E-state index contributed by atoms with van der Waals surface area (Å²) in [6, 6.07) is 73.6. The van der Waals surface area contributed by atoms with Crippen molar-refractivity contribution in [1.29, 1.82) is 0 Å². The number of para-hydroxylation sites is 3. The average Bonchev–Trinajstić information content (AvgIpc) is 3.73. The summed E-state index contributed by atoms with van der Waals surface area (Å²) in [7, 11) is 0. The van der Waals surface area contributed by atoms with Crippen LogP contribution in [0.3, 0.4) is 0 Å². The number of fused-ring (bicyclic) bond motifs is 5. The lowest BCUT2D eigenvalue weighted by atomic mass is 9.83. The van der Waals surface area contributed by atoms with E-state index in [4.69, 9.17) is 15.0 Å². The Hall–Kier alpha value is -8.21. The third-order valence-corrected chi connectivity index (χ3v) is 12.1. The van der Waals surface area contributed by atoms with Crippen LogP contribution in [0, 0.1) is 0 Å². The Morgan fingerprint density at radius 3 is 1.33 bits per heavy atom. The van der Waals surface area contributed by atoms with Gasteiger partial charge in [0.05, 0.1) is 22.4 Å². The molecule has 61 heavy (non-hydrogen) atoms. The fraction of sp³-hybridized carbons (Fsp3) is 0. The van der Waals surface area contributed by atoms with Crippen LogP contribution in [0.2, 0.25) is 0 Å². The van der Waals surface area contributed by atoms with E-state index in [-0.39, 0.29) is 0 Å². The van der Waals surface area contributed by atoms with Crippen molar-refractivity contribution in [3.63, 3.8) is 0 Å². The number of pyridine rings is 2. The maximum absolute atomic E-state index is 5.15. The number of benzene rings is 9.